The SMILES string of the molecule is CC(NC(=O)CCC(=O)c1ccc(Br)cc1)c1ccc(F)c(F)c1. The smallest absolute Gasteiger partial charge is 0.220 e. The molecule has 2 aromatic rings. The average Bonchev–Trinajstić information content (AvgIpc) is 2.55. The molecule has 2 aromatic carbocycles. The Morgan fingerprint density at radius 1 is 1.04 bits per heavy atom. The highest BCUT2D eigenvalue weighted by atomic mass is 79.9. The second-order valence-electron chi connectivity index (χ2n) is 5.39. The van der Waals surface area contributed by atoms with Crippen LogP contribution in [0.4, 0.5) is 8.78 Å². The average molecular weight is 396 g/mol. The number of amides is 1. The first-order chi connectivity index (χ1) is 11.4. The highest BCUT2D eigenvalue weighted by molar-refractivity contribution is 9.10. The Labute approximate surface area is 147 Å². The Morgan fingerprint density at radius 3 is 2.33 bits per heavy atom. The van der Waals surface area contributed by atoms with Gasteiger partial charge in [0.05, 0.1) is 6.04 Å². The number of ketones is 1. The molecule has 0 spiro atoms. The number of nitrogens with one attached hydrogen (secondary N) is 1. The molecule has 0 saturated heterocycles. The van der Waals surface area contributed by atoms with E-state index in [1.54, 1.807) is 31.2 Å². The third-order valence-electron chi connectivity index (χ3n) is 3.57. The van der Waals surface area contributed by atoms with Crippen LogP contribution in [0.15, 0.2) is 46.9 Å². The van der Waals surface area contributed by atoms with Gasteiger partial charge in [0.15, 0.2) is 17.4 Å². The van der Waals surface area contributed by atoms with E-state index in [4.69, 9.17) is 0 Å². The van der Waals surface area contributed by atoms with Crippen LogP contribution in [-0.2, 0) is 4.79 Å². The topological polar surface area (TPSA) is 46.2 Å². The van der Waals surface area contributed by atoms with Crippen molar-refractivity contribution in [2.24, 2.45) is 0 Å². The van der Waals surface area contributed by atoms with E-state index < -0.39 is 17.7 Å². The Bertz CT molecular complexity index is 747. The van der Waals surface area contributed by atoms with Crippen LogP contribution >= 0.6 is 15.9 Å². The highest BCUT2D eigenvalue weighted by Crippen LogP contribution is 2.17. The maximum Gasteiger partial charge on any atom is 0.220 e. The molecule has 6 heteroatoms. The molecule has 1 atom stereocenters. The van der Waals surface area contributed by atoms with E-state index in [1.165, 1.54) is 6.07 Å². The molecule has 1 N–H and O–H groups in total. The highest BCUT2D eigenvalue weighted by Gasteiger charge is 2.14. The zero-order valence-corrected chi connectivity index (χ0v) is 14.6. The van der Waals surface area contributed by atoms with Gasteiger partial charge in [-0.2, -0.15) is 0 Å². The second kappa shape index (κ2) is 8.15. The minimum Gasteiger partial charge on any atom is -0.350 e. The van der Waals surface area contributed by atoms with Crippen LogP contribution in [0.3, 0.4) is 0 Å². The summed E-state index contributed by atoms with van der Waals surface area (Å²) in [6, 6.07) is 9.91. The summed E-state index contributed by atoms with van der Waals surface area (Å²) in [6.07, 6.45) is 0.112. The van der Waals surface area contributed by atoms with Crippen molar-refractivity contribution >= 4 is 27.6 Å². The number of benzene rings is 2. The summed E-state index contributed by atoms with van der Waals surface area (Å²) in [7, 11) is 0. The molecule has 24 heavy (non-hydrogen) atoms. The summed E-state index contributed by atoms with van der Waals surface area (Å²) in [5.74, 6) is -2.34. The number of rotatable bonds is 6. The summed E-state index contributed by atoms with van der Waals surface area (Å²) in [4.78, 5) is 23.9. The summed E-state index contributed by atoms with van der Waals surface area (Å²) in [5.41, 5.74) is 1.00. The molecular formula is C18H16BrF2NO2. The van der Waals surface area contributed by atoms with E-state index in [-0.39, 0.29) is 24.5 Å². The van der Waals surface area contributed by atoms with Gasteiger partial charge in [-0.05, 0) is 36.8 Å². The number of Topliss-reactive ketones (excluding diaryl/α,β-unsaturated/α-hetero) is 1. The molecule has 0 fully saturated rings. The molecule has 1 amide bonds. The van der Waals surface area contributed by atoms with Crippen molar-refractivity contribution in [2.75, 3.05) is 0 Å². The summed E-state index contributed by atoms with van der Waals surface area (Å²) in [5, 5.41) is 2.67. The van der Waals surface area contributed by atoms with Crippen LogP contribution in [0.1, 0.15) is 41.7 Å². The third kappa shape index (κ3) is 4.96. The van der Waals surface area contributed by atoms with Crippen LogP contribution in [0, 0.1) is 11.6 Å². The van der Waals surface area contributed by atoms with Crippen molar-refractivity contribution in [3.8, 4) is 0 Å². The van der Waals surface area contributed by atoms with Crippen molar-refractivity contribution in [1.29, 1.82) is 0 Å². The van der Waals surface area contributed by atoms with Gasteiger partial charge in [0.25, 0.3) is 0 Å². The van der Waals surface area contributed by atoms with Gasteiger partial charge in [0, 0.05) is 22.9 Å². The first-order valence-corrected chi connectivity index (χ1v) is 8.19. The van der Waals surface area contributed by atoms with Gasteiger partial charge < -0.3 is 5.32 Å². The van der Waals surface area contributed by atoms with E-state index in [2.05, 4.69) is 21.2 Å². The largest absolute Gasteiger partial charge is 0.350 e. The molecule has 1 unspecified atom stereocenters. The molecule has 126 valence electrons. The van der Waals surface area contributed by atoms with Crippen LogP contribution in [-0.4, -0.2) is 11.7 Å². The van der Waals surface area contributed by atoms with Gasteiger partial charge in [-0.25, -0.2) is 8.78 Å². The second-order valence-corrected chi connectivity index (χ2v) is 6.31. The Morgan fingerprint density at radius 2 is 1.71 bits per heavy atom. The van der Waals surface area contributed by atoms with E-state index >= 15 is 0 Å². The maximum absolute atomic E-state index is 13.2. The summed E-state index contributed by atoms with van der Waals surface area (Å²) < 4.78 is 27.0. The summed E-state index contributed by atoms with van der Waals surface area (Å²) >= 11 is 3.29. The fourth-order valence-electron chi connectivity index (χ4n) is 2.19. The number of hydrogen-bond donors (Lipinski definition) is 1. The van der Waals surface area contributed by atoms with Gasteiger partial charge in [-0.15, -0.1) is 0 Å². The summed E-state index contributed by atoms with van der Waals surface area (Å²) in [6.45, 7) is 1.67. The lowest BCUT2D eigenvalue weighted by Gasteiger charge is -2.14. The molecule has 0 saturated carbocycles. The van der Waals surface area contributed by atoms with Crippen LogP contribution < -0.4 is 5.32 Å². The lowest BCUT2D eigenvalue weighted by atomic mass is 10.1. The molecule has 0 radical (unpaired) electrons. The van der Waals surface area contributed by atoms with Crippen LogP contribution in [0.5, 0.6) is 0 Å². The molecule has 2 rings (SSSR count). The first kappa shape index (κ1) is 18.3. The predicted octanol–water partition coefficient (Wildman–Crippen LogP) is 4.57. The van der Waals surface area contributed by atoms with Crippen molar-refractivity contribution in [3.63, 3.8) is 0 Å². The minimum atomic E-state index is -0.959. The number of carbonyl (C=O) groups excluding carboxylic acids is 2. The van der Waals surface area contributed by atoms with Gasteiger partial charge >= 0.3 is 0 Å². The van der Waals surface area contributed by atoms with E-state index in [1.807, 2.05) is 0 Å². The number of hydrogen-bond acceptors (Lipinski definition) is 2. The zero-order chi connectivity index (χ0) is 17.7. The standard InChI is InChI=1S/C18H16BrF2NO2/c1-11(13-4-7-15(20)16(21)10-13)22-18(24)9-8-17(23)12-2-5-14(19)6-3-12/h2-7,10-11H,8-9H2,1H3,(H,22,24). The van der Waals surface area contributed by atoms with Crippen molar-refractivity contribution in [3.05, 3.63) is 69.7 Å². The fourth-order valence-corrected chi connectivity index (χ4v) is 2.45. The Balaban J connectivity index is 1.87. The third-order valence-corrected chi connectivity index (χ3v) is 4.10. The maximum atomic E-state index is 13.2. The molecule has 0 aliphatic rings. The van der Waals surface area contributed by atoms with Crippen molar-refractivity contribution < 1.29 is 18.4 Å². The van der Waals surface area contributed by atoms with E-state index in [0.29, 0.717) is 11.1 Å². The van der Waals surface area contributed by atoms with Gasteiger partial charge in [-0.1, -0.05) is 34.1 Å². The zero-order valence-electron chi connectivity index (χ0n) is 13.0. The van der Waals surface area contributed by atoms with Crippen LogP contribution in [0.25, 0.3) is 0 Å². The Kier molecular flexibility index (Phi) is 6.20. The number of carbonyl (C=O) groups is 2. The molecule has 0 heterocycles. The predicted molar refractivity (Wildman–Crippen MR) is 90.6 cm³/mol. The van der Waals surface area contributed by atoms with Crippen LogP contribution in [0.2, 0.25) is 0 Å². The molecule has 0 aromatic heterocycles. The van der Waals surface area contributed by atoms with E-state index in [9.17, 15) is 18.4 Å². The minimum absolute atomic E-state index is 0.0307. The first-order valence-electron chi connectivity index (χ1n) is 7.40. The lowest BCUT2D eigenvalue weighted by molar-refractivity contribution is -0.121. The molecule has 0 bridgehead atoms. The van der Waals surface area contributed by atoms with Crippen molar-refractivity contribution in [1.82, 2.24) is 5.32 Å². The van der Waals surface area contributed by atoms with Crippen molar-refractivity contribution in [2.45, 2.75) is 25.8 Å². The number of halogens is 3. The lowest BCUT2D eigenvalue weighted by Crippen LogP contribution is -2.27. The quantitative estimate of drug-likeness (QED) is 0.728. The monoisotopic (exact) mass is 395 g/mol. The Hall–Kier alpha value is -2.08. The molecule has 0 aliphatic carbocycles. The van der Waals surface area contributed by atoms with Gasteiger partial charge in [-0.3, -0.25) is 9.59 Å². The normalized spacial score (nSPS) is 11.8. The van der Waals surface area contributed by atoms with E-state index in [0.717, 1.165) is 16.6 Å². The fraction of sp³-hybridized carbons (Fsp3) is 0.222. The molecular weight excluding hydrogens is 380 g/mol. The van der Waals surface area contributed by atoms with Gasteiger partial charge in [0.2, 0.25) is 5.91 Å². The van der Waals surface area contributed by atoms with Gasteiger partial charge in [0.1, 0.15) is 0 Å². The molecule has 3 nitrogen and oxygen atoms in total. The molecule has 0 aliphatic heterocycles.